The van der Waals surface area contributed by atoms with E-state index in [4.69, 9.17) is 21.1 Å². The van der Waals surface area contributed by atoms with E-state index in [1.807, 2.05) is 37.3 Å². The maximum Gasteiger partial charge on any atom is 0.273 e. The summed E-state index contributed by atoms with van der Waals surface area (Å²) < 4.78 is 40.6. The minimum Gasteiger partial charge on any atom is -0.497 e. The van der Waals surface area contributed by atoms with Crippen LogP contribution in [0.25, 0.3) is 0 Å². The predicted octanol–water partition coefficient (Wildman–Crippen LogP) is 5.94. The Morgan fingerprint density at radius 1 is 0.940 bits per heavy atom. The van der Waals surface area contributed by atoms with Crippen molar-refractivity contribution in [3.05, 3.63) is 123 Å². The summed E-state index contributed by atoms with van der Waals surface area (Å²) in [5.41, 5.74) is 1.17. The number of nitrogens with zero attached hydrogens (tertiary/aromatic N) is 3. The third-order valence-corrected chi connectivity index (χ3v) is 9.95. The number of aryl methyl sites for hydroxylation is 1. The number of hydrogen-bond acceptors (Lipinski definition) is 8. The molecule has 0 aliphatic heterocycles. The summed E-state index contributed by atoms with van der Waals surface area (Å²) in [6, 6.07) is 22.9. The summed E-state index contributed by atoms with van der Waals surface area (Å²) in [5, 5.41) is 14.8. The molecule has 0 heterocycles. The Balaban J connectivity index is 1.89. The third kappa shape index (κ3) is 9.10. The molecule has 12 nitrogen and oxygen atoms in total. The van der Waals surface area contributed by atoms with Crippen LogP contribution in [0, 0.1) is 17.0 Å². The van der Waals surface area contributed by atoms with Crippen LogP contribution >= 0.6 is 11.6 Å². The lowest BCUT2D eigenvalue weighted by molar-refractivity contribution is -0.385. The van der Waals surface area contributed by atoms with E-state index in [9.17, 15) is 28.1 Å². The molecule has 4 aromatic rings. The second-order valence-electron chi connectivity index (χ2n) is 11.4. The second-order valence-corrected chi connectivity index (χ2v) is 13.7. The van der Waals surface area contributed by atoms with Gasteiger partial charge in [0.15, 0.2) is 0 Å². The van der Waals surface area contributed by atoms with Gasteiger partial charge in [-0.15, -0.1) is 0 Å². The number of nitro groups is 1. The van der Waals surface area contributed by atoms with Crippen molar-refractivity contribution in [3.63, 3.8) is 0 Å². The molecule has 0 aliphatic carbocycles. The van der Waals surface area contributed by atoms with Crippen molar-refractivity contribution < 1.29 is 32.4 Å². The van der Waals surface area contributed by atoms with Crippen molar-refractivity contribution in [2.45, 2.75) is 44.2 Å². The molecule has 0 radical (unpaired) electrons. The molecule has 14 heteroatoms. The van der Waals surface area contributed by atoms with Gasteiger partial charge in [-0.1, -0.05) is 67.1 Å². The van der Waals surface area contributed by atoms with E-state index in [2.05, 4.69) is 5.32 Å². The number of anilines is 1. The fourth-order valence-corrected chi connectivity index (χ4v) is 6.94. The average Bonchev–Trinajstić information content (AvgIpc) is 3.11. The molecule has 50 heavy (non-hydrogen) atoms. The zero-order valence-electron chi connectivity index (χ0n) is 28.2. The molecule has 0 aliphatic rings. The minimum atomic E-state index is -4.69. The number of sulfonamides is 1. The number of nitro benzene ring substituents is 1. The van der Waals surface area contributed by atoms with E-state index >= 15 is 0 Å². The number of rotatable bonds is 16. The van der Waals surface area contributed by atoms with Crippen LogP contribution in [0.2, 0.25) is 5.02 Å². The lowest BCUT2D eigenvalue weighted by Gasteiger charge is -2.34. The molecule has 0 saturated heterocycles. The molecule has 4 aromatic carbocycles. The number of hydrogen-bond donors (Lipinski definition) is 1. The number of ether oxygens (including phenoxy) is 2. The van der Waals surface area contributed by atoms with Crippen LogP contribution in [0.3, 0.4) is 0 Å². The summed E-state index contributed by atoms with van der Waals surface area (Å²) in [5.74, 6) is -0.546. The van der Waals surface area contributed by atoms with E-state index in [-0.39, 0.29) is 35.0 Å². The molecule has 0 bridgehead atoms. The first-order chi connectivity index (χ1) is 23.9. The van der Waals surface area contributed by atoms with Crippen LogP contribution in [0.1, 0.15) is 30.0 Å². The lowest BCUT2D eigenvalue weighted by atomic mass is 10.0. The van der Waals surface area contributed by atoms with E-state index in [1.165, 1.54) is 56.4 Å². The van der Waals surface area contributed by atoms with E-state index in [0.29, 0.717) is 24.3 Å². The van der Waals surface area contributed by atoms with Gasteiger partial charge in [0.1, 0.15) is 24.1 Å². The molecule has 0 fully saturated rings. The molecule has 0 saturated carbocycles. The Labute approximate surface area is 296 Å². The molecule has 1 atom stereocenters. The van der Waals surface area contributed by atoms with Crippen LogP contribution in [-0.2, 0) is 32.6 Å². The summed E-state index contributed by atoms with van der Waals surface area (Å²) in [6.45, 7) is 2.86. The van der Waals surface area contributed by atoms with Crippen molar-refractivity contribution in [2.75, 3.05) is 31.6 Å². The third-order valence-electron chi connectivity index (χ3n) is 7.96. The van der Waals surface area contributed by atoms with Gasteiger partial charge in [-0.25, -0.2) is 8.42 Å². The van der Waals surface area contributed by atoms with Gasteiger partial charge in [0.25, 0.3) is 15.7 Å². The van der Waals surface area contributed by atoms with Crippen molar-refractivity contribution in [1.82, 2.24) is 10.2 Å². The number of halogens is 1. The van der Waals surface area contributed by atoms with Crippen LogP contribution in [0.5, 0.6) is 11.5 Å². The largest absolute Gasteiger partial charge is 0.497 e. The highest BCUT2D eigenvalue weighted by Gasteiger charge is 2.36. The Kier molecular flexibility index (Phi) is 12.8. The molecule has 4 rings (SSSR count). The van der Waals surface area contributed by atoms with Gasteiger partial charge in [-0.3, -0.25) is 24.0 Å². The topological polar surface area (TPSA) is 148 Å². The van der Waals surface area contributed by atoms with Gasteiger partial charge < -0.3 is 19.7 Å². The molecule has 0 aromatic heterocycles. The SMILES string of the molecule is CCCNC(=O)[C@@H](Cc1ccccc1)N(Cc1cccc(OC)c1)C(=O)CN(c1cc(Cl)ccc1OC)S(=O)(=O)c1ccc(C)c([N+](=O)[O-])c1. The van der Waals surface area contributed by atoms with Crippen molar-refractivity contribution in [2.24, 2.45) is 0 Å². The fourth-order valence-electron chi connectivity index (χ4n) is 5.33. The quantitative estimate of drug-likeness (QED) is 0.110. The Morgan fingerprint density at radius 2 is 1.66 bits per heavy atom. The molecule has 0 spiro atoms. The molecular weight excluding hydrogens is 684 g/mol. The summed E-state index contributed by atoms with van der Waals surface area (Å²) in [7, 11) is -1.84. The van der Waals surface area contributed by atoms with Gasteiger partial charge in [-0.05, 0) is 60.9 Å². The Morgan fingerprint density at radius 3 is 2.32 bits per heavy atom. The number of carbonyl (C=O) groups is 2. The van der Waals surface area contributed by atoms with Crippen LogP contribution < -0.4 is 19.1 Å². The first kappa shape index (κ1) is 37.7. The molecule has 0 unspecified atom stereocenters. The first-order valence-electron chi connectivity index (χ1n) is 15.7. The van der Waals surface area contributed by atoms with E-state index in [1.54, 1.807) is 24.3 Å². The summed E-state index contributed by atoms with van der Waals surface area (Å²) in [6.07, 6.45) is 0.778. The second kappa shape index (κ2) is 17.0. The maximum atomic E-state index is 14.7. The zero-order valence-corrected chi connectivity index (χ0v) is 29.7. The number of carbonyl (C=O) groups excluding carboxylic acids is 2. The lowest BCUT2D eigenvalue weighted by Crippen LogP contribution is -2.53. The van der Waals surface area contributed by atoms with Crippen molar-refractivity contribution >= 4 is 44.8 Å². The maximum absolute atomic E-state index is 14.7. The van der Waals surface area contributed by atoms with Crippen LogP contribution in [-0.4, -0.2) is 63.4 Å². The highest BCUT2D eigenvalue weighted by molar-refractivity contribution is 7.92. The minimum absolute atomic E-state index is 0.0760. The Bertz CT molecular complexity index is 1940. The molecule has 264 valence electrons. The number of methoxy groups -OCH3 is 2. The Hall–Kier alpha value is -5.14. The number of benzene rings is 4. The van der Waals surface area contributed by atoms with Crippen molar-refractivity contribution in [1.29, 1.82) is 0 Å². The average molecular weight is 723 g/mol. The predicted molar refractivity (Wildman–Crippen MR) is 191 cm³/mol. The smallest absolute Gasteiger partial charge is 0.273 e. The zero-order chi connectivity index (χ0) is 36.4. The normalized spacial score (nSPS) is 11.7. The van der Waals surface area contributed by atoms with Gasteiger partial charge in [0.2, 0.25) is 11.8 Å². The van der Waals surface area contributed by atoms with Crippen molar-refractivity contribution in [3.8, 4) is 11.5 Å². The van der Waals surface area contributed by atoms with E-state index < -0.39 is 49.9 Å². The van der Waals surface area contributed by atoms with Crippen LogP contribution in [0.4, 0.5) is 11.4 Å². The molecular formula is C36H39ClN4O8S. The summed E-state index contributed by atoms with van der Waals surface area (Å²) in [4.78, 5) is 40.6. The summed E-state index contributed by atoms with van der Waals surface area (Å²) >= 11 is 6.34. The van der Waals surface area contributed by atoms with Gasteiger partial charge in [-0.2, -0.15) is 0 Å². The monoisotopic (exact) mass is 722 g/mol. The fraction of sp³-hybridized carbons (Fsp3) is 0.278. The van der Waals surface area contributed by atoms with Gasteiger partial charge >= 0.3 is 0 Å². The van der Waals surface area contributed by atoms with E-state index in [0.717, 1.165) is 15.9 Å². The van der Waals surface area contributed by atoms with Gasteiger partial charge in [0, 0.05) is 36.2 Å². The van der Waals surface area contributed by atoms with Crippen LogP contribution in [0.15, 0.2) is 95.9 Å². The van der Waals surface area contributed by atoms with Gasteiger partial charge in [0.05, 0.1) is 29.7 Å². The standard InChI is InChI=1S/C36H39ClN4O8S/c1-5-18-38-36(43)33(20-26-10-7-6-8-11-26)39(23-27-12-9-13-29(19-27)48-3)35(42)24-40(32-21-28(37)15-17-34(32)49-4)50(46,47)30-16-14-25(2)31(22-30)41(44)45/h6-17,19,21-22,33H,5,18,20,23-24H2,1-4H3,(H,38,43)/t33-/m1/s1. The molecule has 1 N–H and O–H groups in total. The number of amides is 2. The highest BCUT2D eigenvalue weighted by atomic mass is 35.5. The molecule has 2 amide bonds. The first-order valence-corrected chi connectivity index (χ1v) is 17.6. The highest BCUT2D eigenvalue weighted by Crippen LogP contribution is 2.36. The number of nitrogens with one attached hydrogen (secondary N) is 1.